The third kappa shape index (κ3) is 7.17. The van der Waals surface area contributed by atoms with Gasteiger partial charge in [0.05, 0.1) is 0 Å². The second-order valence-electron chi connectivity index (χ2n) is 7.54. The van der Waals surface area contributed by atoms with E-state index in [0.29, 0.717) is 24.1 Å². The lowest BCUT2D eigenvalue weighted by atomic mass is 9.85. The summed E-state index contributed by atoms with van der Waals surface area (Å²) < 4.78 is 5.62. The number of hydrogen-bond donors (Lipinski definition) is 0. The van der Waals surface area contributed by atoms with Gasteiger partial charge in [0.2, 0.25) is 0 Å². The maximum absolute atomic E-state index is 12.4. The van der Waals surface area contributed by atoms with Crippen LogP contribution in [0.5, 0.6) is 5.75 Å². The van der Waals surface area contributed by atoms with E-state index in [1.165, 1.54) is 5.56 Å². The Morgan fingerprint density at radius 2 is 1.71 bits per heavy atom. The van der Waals surface area contributed by atoms with Gasteiger partial charge in [-0.3, -0.25) is 0 Å². The van der Waals surface area contributed by atoms with Crippen molar-refractivity contribution in [2.45, 2.75) is 32.7 Å². The fourth-order valence-corrected chi connectivity index (χ4v) is 3.58. The zero-order valence-corrected chi connectivity index (χ0v) is 18.4. The van der Waals surface area contributed by atoms with Crippen molar-refractivity contribution in [3.63, 3.8) is 0 Å². The normalized spacial score (nSPS) is 12.8. The lowest BCUT2D eigenvalue weighted by Gasteiger charge is -2.26. The van der Waals surface area contributed by atoms with Crippen molar-refractivity contribution in [2.24, 2.45) is 5.92 Å². The number of benzene rings is 2. The second kappa shape index (κ2) is 11.7. The van der Waals surface area contributed by atoms with E-state index in [0.717, 1.165) is 18.5 Å². The van der Waals surface area contributed by atoms with Crippen LogP contribution in [-0.4, -0.2) is 43.6 Å². The molecule has 0 heterocycles. The Labute approximate surface area is 175 Å². The smallest absolute Gasteiger partial charge is 0.410 e. The van der Waals surface area contributed by atoms with Gasteiger partial charge in [-0.25, -0.2) is 4.79 Å². The van der Waals surface area contributed by atoms with Crippen LogP contribution < -0.4 is 4.74 Å². The number of carbonyl (C=O) groups is 1. The first-order chi connectivity index (χ1) is 12.9. The minimum atomic E-state index is -0.342. The third-order valence-corrected chi connectivity index (χ3v) is 4.85. The van der Waals surface area contributed by atoms with Crippen molar-refractivity contribution < 1.29 is 9.53 Å². The summed E-state index contributed by atoms with van der Waals surface area (Å²) in [6, 6.07) is 17.9. The van der Waals surface area contributed by atoms with E-state index in [1.807, 2.05) is 48.5 Å². The van der Waals surface area contributed by atoms with Gasteiger partial charge in [-0.15, -0.1) is 12.4 Å². The predicted octanol–water partition coefficient (Wildman–Crippen LogP) is 5.43. The Morgan fingerprint density at radius 3 is 2.32 bits per heavy atom. The average Bonchev–Trinajstić information content (AvgIpc) is 2.63. The maximum Gasteiger partial charge on any atom is 0.415 e. The van der Waals surface area contributed by atoms with Crippen LogP contribution in [-0.2, 0) is 6.54 Å². The molecule has 0 N–H and O–H groups in total. The van der Waals surface area contributed by atoms with Gasteiger partial charge in [0.25, 0.3) is 0 Å². The van der Waals surface area contributed by atoms with Gasteiger partial charge in [0.15, 0.2) is 0 Å². The summed E-state index contributed by atoms with van der Waals surface area (Å²) in [5, 5.41) is 0. The molecule has 0 unspecified atom stereocenters. The molecular formula is C23H33ClN2O2. The van der Waals surface area contributed by atoms with Gasteiger partial charge in [-0.1, -0.05) is 56.3 Å². The molecule has 0 aliphatic carbocycles. The summed E-state index contributed by atoms with van der Waals surface area (Å²) in [5.74, 6) is 1.57. The molecule has 0 aliphatic heterocycles. The topological polar surface area (TPSA) is 32.8 Å². The molecule has 0 radical (unpaired) electrons. The van der Waals surface area contributed by atoms with Gasteiger partial charge in [-0.05, 0) is 55.6 Å². The highest BCUT2D eigenvalue weighted by Gasteiger charge is 2.19. The van der Waals surface area contributed by atoms with Crippen molar-refractivity contribution >= 4 is 18.5 Å². The summed E-state index contributed by atoms with van der Waals surface area (Å²) in [4.78, 5) is 16.3. The number of amides is 1. The van der Waals surface area contributed by atoms with Crippen molar-refractivity contribution in [3.05, 3.63) is 65.7 Å². The predicted molar refractivity (Wildman–Crippen MR) is 118 cm³/mol. The molecule has 2 aromatic rings. The highest BCUT2D eigenvalue weighted by Crippen LogP contribution is 2.30. The van der Waals surface area contributed by atoms with Crippen LogP contribution in [0.15, 0.2) is 54.6 Å². The first kappa shape index (κ1) is 24.0. The molecule has 5 heteroatoms. The lowest BCUT2D eigenvalue weighted by molar-refractivity contribution is 0.160. The summed E-state index contributed by atoms with van der Waals surface area (Å²) in [6.45, 7) is 6.04. The molecule has 4 nitrogen and oxygen atoms in total. The monoisotopic (exact) mass is 404 g/mol. The Hall–Kier alpha value is -2.04. The molecule has 2 rings (SSSR count). The Kier molecular flexibility index (Phi) is 10.0. The first-order valence-electron chi connectivity index (χ1n) is 9.62. The summed E-state index contributed by atoms with van der Waals surface area (Å²) in [5.41, 5.74) is 2.30. The standard InChI is InChI=1S/C23H32N2O2.ClH/c1-6-22(18(2)16-24(3)4)20-13-10-14-21(15-20)27-23(26)25(5)17-19-11-8-7-9-12-19;/h7-15,18,22H,6,16-17H2,1-5H3;1H/t18-,22+;/m0./s1. The van der Waals surface area contributed by atoms with Gasteiger partial charge in [0.1, 0.15) is 5.75 Å². The van der Waals surface area contributed by atoms with E-state index in [2.05, 4.69) is 38.9 Å². The Balaban J connectivity index is 0.00000392. The highest BCUT2D eigenvalue weighted by atomic mass is 35.5. The van der Waals surface area contributed by atoms with Crippen LogP contribution in [0.2, 0.25) is 0 Å². The molecule has 0 fully saturated rings. The molecule has 28 heavy (non-hydrogen) atoms. The van der Waals surface area contributed by atoms with Crippen LogP contribution in [0.4, 0.5) is 4.79 Å². The minimum Gasteiger partial charge on any atom is -0.410 e. The quantitative estimate of drug-likeness (QED) is 0.588. The zero-order valence-electron chi connectivity index (χ0n) is 17.6. The molecule has 1 amide bonds. The minimum absolute atomic E-state index is 0. The molecular weight excluding hydrogens is 372 g/mol. The third-order valence-electron chi connectivity index (χ3n) is 4.85. The van der Waals surface area contributed by atoms with Gasteiger partial charge >= 0.3 is 6.09 Å². The van der Waals surface area contributed by atoms with E-state index in [4.69, 9.17) is 4.74 Å². The van der Waals surface area contributed by atoms with Crippen molar-refractivity contribution in [1.82, 2.24) is 9.80 Å². The summed E-state index contributed by atoms with van der Waals surface area (Å²) in [7, 11) is 5.96. The number of rotatable bonds is 8. The van der Waals surface area contributed by atoms with E-state index < -0.39 is 0 Å². The van der Waals surface area contributed by atoms with Crippen LogP contribution in [0.1, 0.15) is 37.3 Å². The molecule has 0 saturated carbocycles. The molecule has 0 saturated heterocycles. The number of halogens is 1. The number of nitrogens with zero attached hydrogens (tertiary/aromatic N) is 2. The highest BCUT2D eigenvalue weighted by molar-refractivity contribution is 5.85. The lowest BCUT2D eigenvalue weighted by Crippen LogP contribution is -2.29. The first-order valence-corrected chi connectivity index (χ1v) is 9.62. The Bertz CT molecular complexity index is 722. The molecule has 0 aliphatic rings. The molecule has 0 bridgehead atoms. The fourth-order valence-electron chi connectivity index (χ4n) is 3.58. The average molecular weight is 405 g/mol. The second-order valence-corrected chi connectivity index (χ2v) is 7.54. The SMILES string of the molecule is CC[C@@H](c1cccc(OC(=O)N(C)Cc2ccccc2)c1)[C@@H](C)CN(C)C.Cl. The molecule has 0 aromatic heterocycles. The van der Waals surface area contributed by atoms with Crippen LogP contribution in [0, 0.1) is 5.92 Å². The number of carbonyl (C=O) groups excluding carboxylic acids is 1. The van der Waals surface area contributed by atoms with Crippen molar-refractivity contribution in [3.8, 4) is 5.75 Å². The van der Waals surface area contributed by atoms with E-state index in [1.54, 1.807) is 11.9 Å². The maximum atomic E-state index is 12.4. The van der Waals surface area contributed by atoms with Crippen LogP contribution in [0.3, 0.4) is 0 Å². The van der Waals surface area contributed by atoms with E-state index in [9.17, 15) is 4.79 Å². The van der Waals surface area contributed by atoms with Crippen LogP contribution in [0.25, 0.3) is 0 Å². The van der Waals surface area contributed by atoms with Crippen molar-refractivity contribution in [1.29, 1.82) is 0 Å². The van der Waals surface area contributed by atoms with Gasteiger partial charge in [-0.2, -0.15) is 0 Å². The molecule has 2 atom stereocenters. The number of ether oxygens (including phenoxy) is 1. The van der Waals surface area contributed by atoms with Crippen LogP contribution >= 0.6 is 12.4 Å². The largest absolute Gasteiger partial charge is 0.415 e. The number of hydrogen-bond acceptors (Lipinski definition) is 3. The zero-order chi connectivity index (χ0) is 19.8. The molecule has 0 spiro atoms. The van der Waals surface area contributed by atoms with Gasteiger partial charge in [0, 0.05) is 20.1 Å². The summed E-state index contributed by atoms with van der Waals surface area (Å²) in [6.07, 6.45) is 0.714. The van der Waals surface area contributed by atoms with Gasteiger partial charge < -0.3 is 14.5 Å². The Morgan fingerprint density at radius 1 is 1.04 bits per heavy atom. The van der Waals surface area contributed by atoms with Crippen molar-refractivity contribution in [2.75, 3.05) is 27.7 Å². The molecule has 154 valence electrons. The van der Waals surface area contributed by atoms with E-state index in [-0.39, 0.29) is 18.5 Å². The van der Waals surface area contributed by atoms with E-state index >= 15 is 0 Å². The fraction of sp³-hybridized carbons (Fsp3) is 0.435. The molecule has 2 aromatic carbocycles. The summed E-state index contributed by atoms with van der Waals surface area (Å²) >= 11 is 0.